The topological polar surface area (TPSA) is 66.5 Å². The van der Waals surface area contributed by atoms with Crippen LogP contribution < -0.4 is 5.32 Å². The van der Waals surface area contributed by atoms with E-state index in [1.165, 1.54) is 22.0 Å². The van der Waals surface area contributed by atoms with Crippen LogP contribution in [0.2, 0.25) is 0 Å². The first-order valence-corrected chi connectivity index (χ1v) is 11.4. The zero-order valence-electron chi connectivity index (χ0n) is 16.8. The summed E-state index contributed by atoms with van der Waals surface area (Å²) in [6.07, 6.45) is 1.72. The number of amides is 1. The van der Waals surface area contributed by atoms with Crippen molar-refractivity contribution in [1.82, 2.24) is 9.62 Å². The summed E-state index contributed by atoms with van der Waals surface area (Å²) in [6, 6.07) is 12.9. The second-order valence-corrected chi connectivity index (χ2v) is 9.45. The molecule has 0 bridgehead atoms. The SMILES string of the molecule is CCC(NC(=O)C1CCN(S(=O)(=O)c2ccc(F)cc2)CC1)c1ccc(C)cc1. The van der Waals surface area contributed by atoms with Crippen LogP contribution in [0.3, 0.4) is 0 Å². The summed E-state index contributed by atoms with van der Waals surface area (Å²) in [5.41, 5.74) is 2.24. The lowest BCUT2D eigenvalue weighted by molar-refractivity contribution is -0.126. The van der Waals surface area contributed by atoms with E-state index < -0.39 is 15.8 Å². The Labute approximate surface area is 172 Å². The Morgan fingerprint density at radius 1 is 1.10 bits per heavy atom. The van der Waals surface area contributed by atoms with E-state index in [2.05, 4.69) is 5.32 Å². The number of hydrogen-bond acceptors (Lipinski definition) is 3. The van der Waals surface area contributed by atoms with Crippen LogP contribution in [0.1, 0.15) is 43.4 Å². The van der Waals surface area contributed by atoms with Gasteiger partial charge in [0.25, 0.3) is 0 Å². The van der Waals surface area contributed by atoms with Gasteiger partial charge in [0.05, 0.1) is 10.9 Å². The highest BCUT2D eigenvalue weighted by Gasteiger charge is 2.32. The largest absolute Gasteiger partial charge is 0.349 e. The third-order valence-electron chi connectivity index (χ3n) is 5.48. The molecular weight excluding hydrogens is 391 g/mol. The smallest absolute Gasteiger partial charge is 0.243 e. The van der Waals surface area contributed by atoms with Gasteiger partial charge in [0, 0.05) is 19.0 Å². The molecule has 1 heterocycles. The van der Waals surface area contributed by atoms with Gasteiger partial charge in [-0.2, -0.15) is 4.31 Å². The minimum Gasteiger partial charge on any atom is -0.349 e. The number of piperidine rings is 1. The van der Waals surface area contributed by atoms with E-state index in [1.807, 2.05) is 38.1 Å². The molecule has 2 aromatic carbocycles. The van der Waals surface area contributed by atoms with Crippen molar-refractivity contribution in [3.8, 4) is 0 Å². The van der Waals surface area contributed by atoms with E-state index in [1.54, 1.807) is 0 Å². The Morgan fingerprint density at radius 2 is 1.69 bits per heavy atom. The van der Waals surface area contributed by atoms with Gasteiger partial charge in [-0.3, -0.25) is 4.79 Å². The van der Waals surface area contributed by atoms with Crippen molar-refractivity contribution in [1.29, 1.82) is 0 Å². The number of hydrogen-bond donors (Lipinski definition) is 1. The number of nitrogens with one attached hydrogen (secondary N) is 1. The fourth-order valence-electron chi connectivity index (χ4n) is 3.62. The molecule has 7 heteroatoms. The average molecular weight is 419 g/mol. The molecule has 0 saturated carbocycles. The summed E-state index contributed by atoms with van der Waals surface area (Å²) in [5.74, 6) is -0.719. The molecule has 1 atom stereocenters. The lowest BCUT2D eigenvalue weighted by Gasteiger charge is -2.31. The molecule has 1 aliphatic rings. The number of carbonyl (C=O) groups is 1. The highest BCUT2D eigenvalue weighted by molar-refractivity contribution is 7.89. The molecule has 0 aromatic heterocycles. The predicted molar refractivity (Wildman–Crippen MR) is 110 cm³/mol. The maximum absolute atomic E-state index is 13.1. The molecule has 1 saturated heterocycles. The van der Waals surface area contributed by atoms with Gasteiger partial charge in [0.15, 0.2) is 0 Å². The molecule has 0 radical (unpaired) electrons. The minimum absolute atomic E-state index is 0.0312. The molecule has 3 rings (SSSR count). The van der Waals surface area contributed by atoms with E-state index in [0.29, 0.717) is 12.8 Å². The summed E-state index contributed by atoms with van der Waals surface area (Å²) in [6.45, 7) is 4.61. The summed E-state index contributed by atoms with van der Waals surface area (Å²) >= 11 is 0. The number of sulfonamides is 1. The van der Waals surface area contributed by atoms with E-state index in [4.69, 9.17) is 0 Å². The monoisotopic (exact) mass is 418 g/mol. The van der Waals surface area contributed by atoms with Crippen LogP contribution in [-0.4, -0.2) is 31.7 Å². The Hall–Kier alpha value is -2.25. The summed E-state index contributed by atoms with van der Waals surface area (Å²) in [5, 5.41) is 3.12. The van der Waals surface area contributed by atoms with Gasteiger partial charge in [-0.25, -0.2) is 12.8 Å². The number of nitrogens with zero attached hydrogens (tertiary/aromatic N) is 1. The first kappa shape index (κ1) is 21.5. The maximum atomic E-state index is 13.1. The number of halogens is 1. The normalized spacial score (nSPS) is 17.1. The molecule has 156 valence electrons. The van der Waals surface area contributed by atoms with Crippen LogP contribution >= 0.6 is 0 Å². The van der Waals surface area contributed by atoms with Crippen molar-refractivity contribution >= 4 is 15.9 Å². The highest BCUT2D eigenvalue weighted by Crippen LogP contribution is 2.25. The van der Waals surface area contributed by atoms with E-state index in [0.717, 1.165) is 24.1 Å². The lowest BCUT2D eigenvalue weighted by atomic mass is 9.95. The molecule has 5 nitrogen and oxygen atoms in total. The van der Waals surface area contributed by atoms with Gasteiger partial charge >= 0.3 is 0 Å². The van der Waals surface area contributed by atoms with Crippen LogP contribution in [0.4, 0.5) is 4.39 Å². The lowest BCUT2D eigenvalue weighted by Crippen LogP contribution is -2.43. The minimum atomic E-state index is -3.67. The van der Waals surface area contributed by atoms with E-state index in [-0.39, 0.29) is 35.9 Å². The Balaban J connectivity index is 1.60. The zero-order chi connectivity index (χ0) is 21.0. The molecule has 1 N–H and O–H groups in total. The predicted octanol–water partition coefficient (Wildman–Crippen LogP) is 3.80. The first-order valence-electron chi connectivity index (χ1n) is 9.94. The molecule has 2 aromatic rings. The fraction of sp³-hybridized carbons (Fsp3) is 0.409. The van der Waals surface area contributed by atoms with Crippen molar-refractivity contribution < 1.29 is 17.6 Å². The van der Waals surface area contributed by atoms with Gasteiger partial charge in [-0.05, 0) is 56.0 Å². The molecule has 1 unspecified atom stereocenters. The Kier molecular flexibility index (Phi) is 6.70. The van der Waals surface area contributed by atoms with Crippen molar-refractivity contribution in [3.05, 3.63) is 65.5 Å². The van der Waals surface area contributed by atoms with Crippen LogP contribution in [0.25, 0.3) is 0 Å². The summed E-state index contributed by atoms with van der Waals surface area (Å²) in [4.78, 5) is 12.8. The van der Waals surface area contributed by atoms with Crippen molar-refractivity contribution in [2.24, 2.45) is 5.92 Å². The van der Waals surface area contributed by atoms with Gasteiger partial charge in [-0.1, -0.05) is 36.8 Å². The zero-order valence-corrected chi connectivity index (χ0v) is 17.6. The standard InChI is InChI=1S/C22H27FN2O3S/c1-3-21(17-6-4-16(2)5-7-17)24-22(26)18-12-14-25(15-13-18)29(27,28)20-10-8-19(23)9-11-20/h4-11,18,21H,3,12-15H2,1-2H3,(H,24,26). The molecule has 0 spiro atoms. The third kappa shape index (κ3) is 5.03. The molecule has 1 amide bonds. The fourth-order valence-corrected chi connectivity index (χ4v) is 5.09. The average Bonchev–Trinajstić information content (AvgIpc) is 2.73. The van der Waals surface area contributed by atoms with Crippen molar-refractivity contribution in [3.63, 3.8) is 0 Å². The summed E-state index contributed by atoms with van der Waals surface area (Å²) < 4.78 is 39.9. The summed E-state index contributed by atoms with van der Waals surface area (Å²) in [7, 11) is -3.67. The Bertz CT molecular complexity index is 935. The van der Waals surface area contributed by atoms with E-state index in [9.17, 15) is 17.6 Å². The Morgan fingerprint density at radius 3 is 2.24 bits per heavy atom. The van der Waals surface area contributed by atoms with Crippen LogP contribution in [-0.2, 0) is 14.8 Å². The number of benzene rings is 2. The van der Waals surface area contributed by atoms with Gasteiger partial charge < -0.3 is 5.32 Å². The molecule has 29 heavy (non-hydrogen) atoms. The number of rotatable bonds is 6. The van der Waals surface area contributed by atoms with Gasteiger partial charge in [0.2, 0.25) is 15.9 Å². The van der Waals surface area contributed by atoms with E-state index >= 15 is 0 Å². The van der Waals surface area contributed by atoms with Gasteiger partial charge in [0.1, 0.15) is 5.82 Å². The van der Waals surface area contributed by atoms with Crippen LogP contribution in [0.15, 0.2) is 53.4 Å². The molecule has 1 fully saturated rings. The van der Waals surface area contributed by atoms with Gasteiger partial charge in [-0.15, -0.1) is 0 Å². The second kappa shape index (κ2) is 9.05. The quantitative estimate of drug-likeness (QED) is 0.776. The van der Waals surface area contributed by atoms with Crippen molar-refractivity contribution in [2.45, 2.75) is 44.0 Å². The van der Waals surface area contributed by atoms with Crippen LogP contribution in [0.5, 0.6) is 0 Å². The first-order chi connectivity index (χ1) is 13.8. The number of carbonyl (C=O) groups excluding carboxylic acids is 1. The van der Waals surface area contributed by atoms with Crippen LogP contribution in [0, 0.1) is 18.7 Å². The maximum Gasteiger partial charge on any atom is 0.243 e. The second-order valence-electron chi connectivity index (χ2n) is 7.51. The third-order valence-corrected chi connectivity index (χ3v) is 7.39. The molecule has 0 aliphatic carbocycles. The molecular formula is C22H27FN2O3S. The molecule has 1 aliphatic heterocycles. The number of aryl methyl sites for hydroxylation is 1. The highest BCUT2D eigenvalue weighted by atomic mass is 32.2. The van der Waals surface area contributed by atoms with Crippen molar-refractivity contribution in [2.75, 3.05) is 13.1 Å².